The lowest BCUT2D eigenvalue weighted by atomic mass is 10.1. The van der Waals surface area contributed by atoms with Crippen LogP contribution in [0.3, 0.4) is 0 Å². The highest BCUT2D eigenvalue weighted by atomic mass is 32.2. The van der Waals surface area contributed by atoms with E-state index < -0.39 is 28.5 Å². The van der Waals surface area contributed by atoms with Crippen LogP contribution in [0, 0.1) is 0 Å². The first-order chi connectivity index (χ1) is 16.7. The summed E-state index contributed by atoms with van der Waals surface area (Å²) in [6.07, 6.45) is 1.47. The monoisotopic (exact) mass is 492 g/mol. The molecule has 0 heterocycles. The van der Waals surface area contributed by atoms with Crippen molar-refractivity contribution >= 4 is 39.1 Å². The number of carbonyl (C=O) groups is 3. The fraction of sp³-hybridized carbons (Fsp3) is 0.115. The number of ketones is 1. The van der Waals surface area contributed by atoms with Crippen LogP contribution in [0.1, 0.15) is 27.6 Å². The van der Waals surface area contributed by atoms with E-state index in [2.05, 4.69) is 11.9 Å². The van der Waals surface area contributed by atoms with Crippen molar-refractivity contribution in [3.8, 4) is 0 Å². The summed E-state index contributed by atoms with van der Waals surface area (Å²) in [5.41, 5.74) is 1.24. The van der Waals surface area contributed by atoms with Gasteiger partial charge in [-0.1, -0.05) is 42.5 Å². The predicted molar refractivity (Wildman–Crippen MR) is 133 cm³/mol. The van der Waals surface area contributed by atoms with Gasteiger partial charge in [-0.15, -0.1) is 6.58 Å². The fourth-order valence-electron chi connectivity index (χ4n) is 3.19. The van der Waals surface area contributed by atoms with Crippen LogP contribution in [0.25, 0.3) is 0 Å². The molecule has 180 valence electrons. The first-order valence-electron chi connectivity index (χ1n) is 10.6. The summed E-state index contributed by atoms with van der Waals surface area (Å²) in [7, 11) is -4.01. The van der Waals surface area contributed by atoms with E-state index in [1.807, 2.05) is 0 Å². The highest BCUT2D eigenvalue weighted by molar-refractivity contribution is 7.92. The van der Waals surface area contributed by atoms with E-state index in [1.54, 1.807) is 48.5 Å². The van der Waals surface area contributed by atoms with Gasteiger partial charge in [-0.3, -0.25) is 13.9 Å². The van der Waals surface area contributed by atoms with E-state index in [1.165, 1.54) is 47.6 Å². The third-order valence-corrected chi connectivity index (χ3v) is 6.67. The van der Waals surface area contributed by atoms with Gasteiger partial charge in [0.2, 0.25) is 0 Å². The molecule has 0 fully saturated rings. The molecule has 9 heteroatoms. The molecule has 0 aliphatic rings. The summed E-state index contributed by atoms with van der Waals surface area (Å²) >= 11 is 0. The number of nitrogens with one attached hydrogen (secondary N) is 1. The molecule has 3 aromatic carbocycles. The van der Waals surface area contributed by atoms with Crippen LogP contribution in [0.15, 0.2) is 96.4 Å². The molecule has 0 spiro atoms. The van der Waals surface area contributed by atoms with Crippen molar-refractivity contribution in [2.24, 2.45) is 0 Å². The Balaban J connectivity index is 1.71. The zero-order chi connectivity index (χ0) is 25.4. The number of amides is 1. The van der Waals surface area contributed by atoms with Crippen LogP contribution in [-0.2, 0) is 19.6 Å². The van der Waals surface area contributed by atoms with Gasteiger partial charge in [0.1, 0.15) is 0 Å². The Kier molecular flexibility index (Phi) is 8.17. The molecule has 3 rings (SSSR count). The van der Waals surface area contributed by atoms with Crippen molar-refractivity contribution < 1.29 is 27.5 Å². The van der Waals surface area contributed by atoms with E-state index in [0.717, 1.165) is 0 Å². The number of nitrogens with zero attached hydrogens (tertiary/aromatic N) is 1. The molecule has 0 atom stereocenters. The first-order valence-corrected chi connectivity index (χ1v) is 12.0. The second kappa shape index (κ2) is 11.3. The molecule has 0 bridgehead atoms. The van der Waals surface area contributed by atoms with Crippen molar-refractivity contribution in [2.75, 3.05) is 22.8 Å². The van der Waals surface area contributed by atoms with Crippen molar-refractivity contribution in [1.82, 2.24) is 0 Å². The number of hydrogen-bond donors (Lipinski definition) is 1. The second-order valence-corrected chi connectivity index (χ2v) is 9.31. The van der Waals surface area contributed by atoms with Crippen molar-refractivity contribution in [2.45, 2.75) is 11.8 Å². The van der Waals surface area contributed by atoms with Gasteiger partial charge < -0.3 is 10.1 Å². The Morgan fingerprint density at radius 2 is 1.63 bits per heavy atom. The summed E-state index contributed by atoms with van der Waals surface area (Å²) in [6.45, 7) is 4.48. The topological polar surface area (TPSA) is 110 Å². The lowest BCUT2D eigenvalue weighted by Crippen LogP contribution is -2.31. The van der Waals surface area contributed by atoms with Gasteiger partial charge >= 0.3 is 5.97 Å². The van der Waals surface area contributed by atoms with Crippen LogP contribution < -0.4 is 9.62 Å². The highest BCUT2D eigenvalue weighted by Gasteiger charge is 2.25. The third-order valence-electron chi connectivity index (χ3n) is 4.88. The van der Waals surface area contributed by atoms with Gasteiger partial charge in [0.05, 0.1) is 22.7 Å². The maximum Gasteiger partial charge on any atom is 0.338 e. The number of carbonyl (C=O) groups excluding carboxylic acids is 3. The molecule has 0 aromatic heterocycles. The summed E-state index contributed by atoms with van der Waals surface area (Å²) in [5, 5.41) is 2.55. The van der Waals surface area contributed by atoms with Gasteiger partial charge in [-0.05, 0) is 49.4 Å². The van der Waals surface area contributed by atoms with E-state index >= 15 is 0 Å². The molecule has 0 saturated carbocycles. The molecule has 0 radical (unpaired) electrons. The van der Waals surface area contributed by atoms with Crippen molar-refractivity contribution in [3.05, 3.63) is 103 Å². The Morgan fingerprint density at radius 3 is 2.31 bits per heavy atom. The van der Waals surface area contributed by atoms with Gasteiger partial charge in [0, 0.05) is 11.3 Å². The maximum absolute atomic E-state index is 13.3. The summed E-state index contributed by atoms with van der Waals surface area (Å²) < 4.78 is 32.8. The zero-order valence-corrected chi connectivity index (χ0v) is 19.8. The number of para-hydroxylation sites is 1. The molecule has 3 aromatic rings. The Hall–Kier alpha value is -4.24. The average Bonchev–Trinajstić information content (AvgIpc) is 2.86. The van der Waals surface area contributed by atoms with Gasteiger partial charge in [-0.25, -0.2) is 13.2 Å². The number of anilines is 2. The van der Waals surface area contributed by atoms with E-state index in [0.29, 0.717) is 16.9 Å². The fourth-order valence-corrected chi connectivity index (χ4v) is 4.67. The number of hydrogen-bond acceptors (Lipinski definition) is 6. The van der Waals surface area contributed by atoms with Crippen LogP contribution in [0.2, 0.25) is 0 Å². The van der Waals surface area contributed by atoms with Crippen molar-refractivity contribution in [3.63, 3.8) is 0 Å². The molecule has 1 N–H and O–H groups in total. The van der Waals surface area contributed by atoms with E-state index in [9.17, 15) is 22.8 Å². The molecule has 8 nitrogen and oxygen atoms in total. The van der Waals surface area contributed by atoms with Crippen LogP contribution >= 0.6 is 0 Å². The highest BCUT2D eigenvalue weighted by Crippen LogP contribution is 2.24. The Morgan fingerprint density at radius 1 is 0.943 bits per heavy atom. The smallest absolute Gasteiger partial charge is 0.338 e. The maximum atomic E-state index is 13.3. The lowest BCUT2D eigenvalue weighted by Gasteiger charge is -2.23. The number of rotatable bonds is 10. The lowest BCUT2D eigenvalue weighted by molar-refractivity contribution is -0.119. The zero-order valence-electron chi connectivity index (χ0n) is 19.0. The predicted octanol–water partition coefficient (Wildman–Crippen LogP) is 4.07. The van der Waals surface area contributed by atoms with Gasteiger partial charge in [0.15, 0.2) is 12.4 Å². The third kappa shape index (κ3) is 6.42. The van der Waals surface area contributed by atoms with Crippen LogP contribution in [0.5, 0.6) is 0 Å². The summed E-state index contributed by atoms with van der Waals surface area (Å²) in [6, 6.07) is 20.3. The average molecular weight is 493 g/mol. The minimum atomic E-state index is -4.01. The number of Topliss-reactive ketones (excluding diaryl/α,β-unsaturated/α-hetero) is 1. The number of ether oxygens (including phenoxy) is 1. The molecule has 0 saturated heterocycles. The number of esters is 1. The second-order valence-electron chi connectivity index (χ2n) is 7.45. The molecule has 0 aliphatic heterocycles. The van der Waals surface area contributed by atoms with Crippen LogP contribution in [-0.4, -0.2) is 39.2 Å². The minimum Gasteiger partial charge on any atom is -0.452 e. The summed E-state index contributed by atoms with van der Waals surface area (Å²) in [4.78, 5) is 36.1. The first kappa shape index (κ1) is 25.4. The standard InChI is InChI=1S/C26H24N2O6S/c1-3-15-28(23-12-5-4-6-13-23)35(32,33)24-14-8-10-21(17-24)26(31)34-18-25(30)27-22-11-7-9-20(16-22)19(2)29/h3-14,16-17H,1,15,18H2,2H3,(H,27,30). The summed E-state index contributed by atoms with van der Waals surface area (Å²) in [5.74, 6) is -1.62. The number of sulfonamides is 1. The van der Waals surface area contributed by atoms with Gasteiger partial charge in [-0.2, -0.15) is 0 Å². The van der Waals surface area contributed by atoms with E-state index in [-0.39, 0.29) is 22.8 Å². The molecule has 0 unspecified atom stereocenters. The Bertz CT molecular complexity index is 1350. The Labute approximate surface area is 203 Å². The normalized spacial score (nSPS) is 10.8. The molecular weight excluding hydrogens is 468 g/mol. The number of benzene rings is 3. The van der Waals surface area contributed by atoms with Crippen molar-refractivity contribution in [1.29, 1.82) is 0 Å². The van der Waals surface area contributed by atoms with Crippen LogP contribution in [0.4, 0.5) is 11.4 Å². The SMILES string of the molecule is C=CCN(c1ccccc1)S(=O)(=O)c1cccc(C(=O)OCC(=O)Nc2cccc(C(C)=O)c2)c1. The van der Waals surface area contributed by atoms with Gasteiger partial charge in [0.25, 0.3) is 15.9 Å². The van der Waals surface area contributed by atoms with E-state index in [4.69, 9.17) is 4.74 Å². The molecule has 1 amide bonds. The minimum absolute atomic E-state index is 0.0240. The quantitative estimate of drug-likeness (QED) is 0.260. The molecule has 0 aliphatic carbocycles. The molecular formula is C26H24N2O6S. The molecule has 35 heavy (non-hydrogen) atoms. The largest absolute Gasteiger partial charge is 0.452 e.